The van der Waals surface area contributed by atoms with Crippen LogP contribution >= 0.6 is 33.9 Å². The van der Waals surface area contributed by atoms with Crippen LogP contribution in [0.25, 0.3) is 0 Å². The van der Waals surface area contributed by atoms with E-state index in [1.807, 2.05) is 11.3 Å². The summed E-state index contributed by atoms with van der Waals surface area (Å²) in [6.07, 6.45) is 1.15. The first-order valence-electron chi connectivity index (χ1n) is 7.51. The third-order valence-corrected chi connectivity index (χ3v) is 6.02. The van der Waals surface area contributed by atoms with Crippen molar-refractivity contribution in [2.45, 2.75) is 45.6 Å². The van der Waals surface area contributed by atoms with Crippen molar-refractivity contribution in [3.05, 3.63) is 55.3 Å². The summed E-state index contributed by atoms with van der Waals surface area (Å²) in [5, 5.41) is 3.71. The smallest absolute Gasteiger partial charge is 0.0681 e. The lowest BCUT2D eigenvalue weighted by atomic mass is 9.95. The van der Waals surface area contributed by atoms with Gasteiger partial charge in [-0.05, 0) is 64.7 Å². The predicted octanol–water partition coefficient (Wildman–Crippen LogP) is 5.74. The fourth-order valence-electron chi connectivity index (χ4n) is 2.27. The highest BCUT2D eigenvalue weighted by Gasteiger charge is 2.21. The van der Waals surface area contributed by atoms with Gasteiger partial charge in [0.2, 0.25) is 0 Å². The van der Waals surface area contributed by atoms with E-state index in [1.165, 1.54) is 18.9 Å². The maximum atomic E-state index is 3.71. The van der Waals surface area contributed by atoms with Crippen LogP contribution in [0.15, 0.2) is 36.4 Å². The normalized spacial score (nSPS) is 13.4. The van der Waals surface area contributed by atoms with E-state index in [2.05, 4.69) is 92.0 Å². The van der Waals surface area contributed by atoms with Gasteiger partial charge in [-0.1, -0.05) is 45.9 Å². The molecule has 114 valence electrons. The summed E-state index contributed by atoms with van der Waals surface area (Å²) in [5.41, 5.74) is 1.61. The molecule has 1 aromatic carbocycles. The van der Waals surface area contributed by atoms with E-state index < -0.39 is 0 Å². The summed E-state index contributed by atoms with van der Waals surface area (Å²) in [7, 11) is 0. The number of thiophene rings is 1. The van der Waals surface area contributed by atoms with E-state index in [9.17, 15) is 0 Å². The molecule has 0 aliphatic carbocycles. The lowest BCUT2D eigenvalue weighted by Gasteiger charge is -2.20. The van der Waals surface area contributed by atoms with Gasteiger partial charge in [0.25, 0.3) is 0 Å². The SMILES string of the molecule is CCCNC(c1ccc(C(C)(C)C)s1)c1ccccc1I. The highest BCUT2D eigenvalue weighted by Crippen LogP contribution is 2.35. The molecule has 0 amide bonds. The standard InChI is InChI=1S/C18H24INS/c1-5-12-20-17(13-8-6-7-9-14(13)19)15-10-11-16(21-15)18(2,3)4/h6-11,17,20H,5,12H2,1-4H3. The fourth-order valence-corrected chi connectivity index (χ4v) is 4.13. The van der Waals surface area contributed by atoms with Crippen LogP contribution < -0.4 is 5.32 Å². The van der Waals surface area contributed by atoms with Crippen LogP contribution in [-0.4, -0.2) is 6.54 Å². The van der Waals surface area contributed by atoms with Crippen molar-refractivity contribution < 1.29 is 0 Å². The maximum absolute atomic E-state index is 3.71. The van der Waals surface area contributed by atoms with Gasteiger partial charge in [-0.25, -0.2) is 0 Å². The van der Waals surface area contributed by atoms with E-state index in [4.69, 9.17) is 0 Å². The zero-order valence-corrected chi connectivity index (χ0v) is 16.2. The third kappa shape index (κ3) is 4.30. The largest absolute Gasteiger partial charge is 0.306 e. The van der Waals surface area contributed by atoms with Crippen molar-refractivity contribution in [3.63, 3.8) is 0 Å². The van der Waals surface area contributed by atoms with Crippen molar-refractivity contribution in [1.29, 1.82) is 0 Å². The Bertz CT molecular complexity index is 583. The van der Waals surface area contributed by atoms with Gasteiger partial charge in [-0.15, -0.1) is 11.3 Å². The molecule has 2 aromatic rings. The summed E-state index contributed by atoms with van der Waals surface area (Å²) < 4.78 is 1.33. The van der Waals surface area contributed by atoms with Crippen LogP contribution in [0.4, 0.5) is 0 Å². The molecule has 1 N–H and O–H groups in total. The molecule has 0 radical (unpaired) electrons. The topological polar surface area (TPSA) is 12.0 Å². The van der Waals surface area contributed by atoms with Gasteiger partial charge in [-0.3, -0.25) is 0 Å². The van der Waals surface area contributed by atoms with Crippen molar-refractivity contribution in [2.75, 3.05) is 6.54 Å². The minimum atomic E-state index is 0.224. The van der Waals surface area contributed by atoms with Gasteiger partial charge < -0.3 is 5.32 Å². The second-order valence-electron chi connectivity index (χ2n) is 6.36. The highest BCUT2D eigenvalue weighted by atomic mass is 127. The second kappa shape index (κ2) is 7.25. The number of hydrogen-bond acceptors (Lipinski definition) is 2. The Labute approximate surface area is 146 Å². The molecular weight excluding hydrogens is 389 g/mol. The zero-order valence-electron chi connectivity index (χ0n) is 13.2. The van der Waals surface area contributed by atoms with E-state index in [0.29, 0.717) is 6.04 Å². The van der Waals surface area contributed by atoms with Gasteiger partial charge in [0, 0.05) is 13.3 Å². The molecule has 0 fully saturated rings. The number of hydrogen-bond donors (Lipinski definition) is 1. The monoisotopic (exact) mass is 413 g/mol. The summed E-state index contributed by atoms with van der Waals surface area (Å²) in [6.45, 7) is 10.1. The first kappa shape index (κ1) is 17.0. The Morgan fingerprint density at radius 2 is 1.86 bits per heavy atom. The Balaban J connectivity index is 2.37. The molecule has 1 nitrogen and oxygen atoms in total. The highest BCUT2D eigenvalue weighted by molar-refractivity contribution is 14.1. The first-order chi connectivity index (χ1) is 9.93. The Kier molecular flexibility index (Phi) is 5.86. The van der Waals surface area contributed by atoms with Gasteiger partial charge in [0.1, 0.15) is 0 Å². The first-order valence-corrected chi connectivity index (χ1v) is 9.41. The molecule has 1 heterocycles. The van der Waals surface area contributed by atoms with E-state index >= 15 is 0 Å². The average molecular weight is 413 g/mol. The van der Waals surface area contributed by atoms with Crippen LogP contribution in [0, 0.1) is 3.57 Å². The van der Waals surface area contributed by atoms with Crippen molar-refractivity contribution >= 4 is 33.9 Å². The number of benzene rings is 1. The molecule has 0 spiro atoms. The molecule has 2 rings (SSSR count). The summed E-state index contributed by atoms with van der Waals surface area (Å²) >= 11 is 4.38. The van der Waals surface area contributed by atoms with Crippen LogP contribution in [-0.2, 0) is 5.41 Å². The summed E-state index contributed by atoms with van der Waals surface area (Å²) in [6, 6.07) is 13.6. The van der Waals surface area contributed by atoms with Crippen LogP contribution in [0.2, 0.25) is 0 Å². The summed E-state index contributed by atoms with van der Waals surface area (Å²) in [5.74, 6) is 0. The molecule has 1 unspecified atom stereocenters. The van der Waals surface area contributed by atoms with E-state index in [-0.39, 0.29) is 5.41 Å². The lowest BCUT2D eigenvalue weighted by molar-refractivity contribution is 0.602. The van der Waals surface area contributed by atoms with Crippen molar-refractivity contribution in [3.8, 4) is 0 Å². The van der Waals surface area contributed by atoms with E-state index in [1.54, 1.807) is 0 Å². The molecule has 0 saturated carbocycles. The van der Waals surface area contributed by atoms with Crippen LogP contribution in [0.1, 0.15) is 55.5 Å². The van der Waals surface area contributed by atoms with Crippen molar-refractivity contribution in [1.82, 2.24) is 5.32 Å². The van der Waals surface area contributed by atoms with Gasteiger partial charge in [0.15, 0.2) is 0 Å². The third-order valence-electron chi connectivity index (χ3n) is 3.47. The molecule has 0 aliphatic heterocycles. The number of halogens is 1. The fraction of sp³-hybridized carbons (Fsp3) is 0.444. The zero-order chi connectivity index (χ0) is 15.5. The molecule has 3 heteroatoms. The molecule has 0 saturated heterocycles. The number of rotatable bonds is 5. The molecule has 0 bridgehead atoms. The van der Waals surface area contributed by atoms with Crippen LogP contribution in [0.3, 0.4) is 0 Å². The molecule has 0 aliphatic rings. The second-order valence-corrected chi connectivity index (χ2v) is 8.64. The molecular formula is C18H24INS. The van der Waals surface area contributed by atoms with Crippen molar-refractivity contribution in [2.24, 2.45) is 0 Å². The lowest BCUT2D eigenvalue weighted by Crippen LogP contribution is -2.23. The minimum Gasteiger partial charge on any atom is -0.306 e. The Morgan fingerprint density at radius 3 is 2.43 bits per heavy atom. The Morgan fingerprint density at radius 1 is 1.14 bits per heavy atom. The molecule has 21 heavy (non-hydrogen) atoms. The Hall–Kier alpha value is -0.390. The number of nitrogens with one attached hydrogen (secondary N) is 1. The quantitative estimate of drug-likeness (QED) is 0.617. The molecule has 1 aromatic heterocycles. The van der Waals surface area contributed by atoms with E-state index in [0.717, 1.165) is 13.0 Å². The summed E-state index contributed by atoms with van der Waals surface area (Å²) in [4.78, 5) is 2.87. The molecule has 1 atom stereocenters. The van der Waals surface area contributed by atoms with Crippen LogP contribution in [0.5, 0.6) is 0 Å². The predicted molar refractivity (Wildman–Crippen MR) is 102 cm³/mol. The average Bonchev–Trinajstić information content (AvgIpc) is 2.91. The maximum Gasteiger partial charge on any atom is 0.0681 e. The minimum absolute atomic E-state index is 0.224. The van der Waals surface area contributed by atoms with Gasteiger partial charge >= 0.3 is 0 Å². The van der Waals surface area contributed by atoms with Gasteiger partial charge in [0.05, 0.1) is 6.04 Å². The van der Waals surface area contributed by atoms with Gasteiger partial charge in [-0.2, -0.15) is 0 Å².